The molecule has 1 saturated carbocycles. The van der Waals surface area contributed by atoms with Crippen LogP contribution in [0.5, 0.6) is 0 Å². The van der Waals surface area contributed by atoms with E-state index in [0.29, 0.717) is 33.6 Å². The maximum atomic E-state index is 13.9. The lowest BCUT2D eigenvalue weighted by atomic mass is 9.93. The minimum absolute atomic E-state index is 0.146. The Morgan fingerprint density at radius 3 is 2.25 bits per heavy atom. The van der Waals surface area contributed by atoms with E-state index >= 15 is 0 Å². The Labute approximate surface area is 279 Å². The summed E-state index contributed by atoms with van der Waals surface area (Å²) in [7, 11) is -3.90. The van der Waals surface area contributed by atoms with E-state index in [1.807, 2.05) is 4.90 Å². The third-order valence-corrected chi connectivity index (χ3v) is 11.1. The van der Waals surface area contributed by atoms with Gasteiger partial charge in [0.05, 0.1) is 28.9 Å². The number of nitrogens with zero attached hydrogens (tertiary/aromatic N) is 2. The van der Waals surface area contributed by atoms with E-state index in [9.17, 15) is 26.8 Å². The number of hydrogen-bond acceptors (Lipinski definition) is 9. The fourth-order valence-electron chi connectivity index (χ4n) is 6.44. The molecule has 6 rings (SSSR count). The summed E-state index contributed by atoms with van der Waals surface area (Å²) in [4.78, 5) is 29.9. The van der Waals surface area contributed by atoms with Gasteiger partial charge in [0.2, 0.25) is 10.0 Å². The molecule has 1 aliphatic carbocycles. The number of esters is 1. The molecular formula is C34H43F2N5O6S. The number of rotatable bonds is 11. The van der Waals surface area contributed by atoms with Crippen LogP contribution in [0.4, 0.5) is 31.5 Å². The first-order chi connectivity index (χ1) is 22.7. The average Bonchev–Trinajstić information content (AvgIpc) is 3.61. The van der Waals surface area contributed by atoms with E-state index < -0.39 is 39.6 Å². The number of halogens is 2. The number of carbonyl (C=O) groups is 2. The van der Waals surface area contributed by atoms with Gasteiger partial charge in [0, 0.05) is 50.1 Å². The average molecular weight is 688 g/mol. The first-order valence-corrected chi connectivity index (χ1v) is 18.2. The second-order valence-corrected chi connectivity index (χ2v) is 15.6. The van der Waals surface area contributed by atoms with Gasteiger partial charge in [-0.2, -0.15) is 0 Å². The van der Waals surface area contributed by atoms with Crippen LogP contribution >= 0.6 is 0 Å². The number of nitrogens with two attached hydrogens (primary N) is 1. The Morgan fingerprint density at radius 2 is 1.58 bits per heavy atom. The van der Waals surface area contributed by atoms with E-state index in [-0.39, 0.29) is 44.1 Å². The van der Waals surface area contributed by atoms with Crippen LogP contribution in [0.15, 0.2) is 47.1 Å². The van der Waals surface area contributed by atoms with Gasteiger partial charge in [0.15, 0.2) is 5.58 Å². The lowest BCUT2D eigenvalue weighted by Gasteiger charge is -2.35. The Bertz CT molecular complexity index is 1770. The number of sulfonamides is 1. The van der Waals surface area contributed by atoms with E-state index in [2.05, 4.69) is 14.9 Å². The van der Waals surface area contributed by atoms with Gasteiger partial charge in [-0.1, -0.05) is 13.8 Å². The van der Waals surface area contributed by atoms with Crippen LogP contribution < -0.4 is 25.6 Å². The second kappa shape index (κ2) is 13.2. The lowest BCUT2D eigenvalue weighted by molar-refractivity contribution is -0.145. The number of ether oxygens (including phenoxy) is 1. The lowest BCUT2D eigenvalue weighted by Crippen LogP contribution is -2.39. The summed E-state index contributed by atoms with van der Waals surface area (Å²) in [5.74, 6) is -4.36. The molecule has 3 fully saturated rings. The number of amides is 1. The number of anilines is 4. The van der Waals surface area contributed by atoms with Crippen LogP contribution in [-0.2, 0) is 19.6 Å². The number of carbonyl (C=O) groups excluding carboxylic acids is 2. The molecule has 2 aliphatic heterocycles. The highest BCUT2D eigenvalue weighted by atomic mass is 32.2. The van der Waals surface area contributed by atoms with Crippen LogP contribution in [0.1, 0.15) is 62.7 Å². The molecule has 1 atom stereocenters. The van der Waals surface area contributed by atoms with Crippen molar-refractivity contribution in [2.45, 2.75) is 64.3 Å². The summed E-state index contributed by atoms with van der Waals surface area (Å²) < 4.78 is 67.0. The zero-order valence-electron chi connectivity index (χ0n) is 27.3. The second-order valence-electron chi connectivity index (χ2n) is 13.7. The van der Waals surface area contributed by atoms with Crippen molar-refractivity contribution in [1.29, 1.82) is 0 Å². The fraction of sp³-hybridized carbons (Fsp3) is 0.529. The molecule has 2 aromatic carbocycles. The zero-order valence-corrected chi connectivity index (χ0v) is 28.1. The van der Waals surface area contributed by atoms with Gasteiger partial charge < -0.3 is 30.0 Å². The minimum atomic E-state index is -3.90. The smallest absolute Gasteiger partial charge is 0.323 e. The van der Waals surface area contributed by atoms with Crippen LogP contribution in [0, 0.1) is 11.3 Å². The van der Waals surface area contributed by atoms with Gasteiger partial charge in [-0.25, -0.2) is 17.2 Å². The summed E-state index contributed by atoms with van der Waals surface area (Å²) in [6, 6.07) is 9.23. The van der Waals surface area contributed by atoms with Crippen molar-refractivity contribution in [2.24, 2.45) is 17.1 Å². The Hall–Kier alpha value is -3.91. The molecule has 1 amide bonds. The Kier molecular flexibility index (Phi) is 9.33. The number of nitrogens with one attached hydrogen (secondary N) is 2. The van der Waals surface area contributed by atoms with E-state index in [4.69, 9.17) is 14.9 Å². The topological polar surface area (TPSA) is 147 Å². The number of fused-ring (bicyclic) bond motifs is 1. The van der Waals surface area contributed by atoms with Crippen molar-refractivity contribution in [3.05, 3.63) is 48.2 Å². The molecule has 3 heterocycles. The summed E-state index contributed by atoms with van der Waals surface area (Å²) in [5, 5.41) is 3.72. The van der Waals surface area contributed by atoms with Crippen molar-refractivity contribution < 1.29 is 35.9 Å². The first kappa shape index (κ1) is 34.0. The zero-order chi connectivity index (χ0) is 34.3. The quantitative estimate of drug-likeness (QED) is 0.220. The molecule has 1 spiro atoms. The van der Waals surface area contributed by atoms with Crippen molar-refractivity contribution >= 4 is 55.6 Å². The van der Waals surface area contributed by atoms with Crippen LogP contribution in [0.2, 0.25) is 0 Å². The predicted molar refractivity (Wildman–Crippen MR) is 181 cm³/mol. The molecule has 4 N–H and O–H groups in total. The van der Waals surface area contributed by atoms with Gasteiger partial charge in [-0.05, 0) is 73.4 Å². The highest BCUT2D eigenvalue weighted by Gasteiger charge is 2.44. The predicted octanol–water partition coefficient (Wildman–Crippen LogP) is 5.57. The molecule has 0 radical (unpaired) electrons. The van der Waals surface area contributed by atoms with Crippen LogP contribution in [-0.4, -0.2) is 70.8 Å². The summed E-state index contributed by atoms with van der Waals surface area (Å²) in [6.45, 7) is 4.97. The summed E-state index contributed by atoms with van der Waals surface area (Å²) in [5.41, 5.74) is 9.10. The van der Waals surface area contributed by atoms with Crippen LogP contribution in [0.25, 0.3) is 11.0 Å². The maximum Gasteiger partial charge on any atom is 0.323 e. The molecule has 2 saturated heterocycles. The highest BCUT2D eigenvalue weighted by molar-refractivity contribution is 7.92. The Morgan fingerprint density at radius 1 is 0.938 bits per heavy atom. The number of piperidine rings is 2. The number of alkyl halides is 2. The highest BCUT2D eigenvalue weighted by Crippen LogP contribution is 2.54. The van der Waals surface area contributed by atoms with Crippen molar-refractivity contribution in [2.75, 3.05) is 58.4 Å². The SMILES string of the molecule is CC(C)[C@H](N)C(=O)OCCS(=O)(=O)Nc1ccc(C(=O)Nc2cc(N3CCC(F)(F)CC3)c3occc3c2)c(N2CCC3(CC2)CC3)c1. The molecule has 260 valence electrons. The molecule has 0 bridgehead atoms. The number of benzene rings is 2. The summed E-state index contributed by atoms with van der Waals surface area (Å²) in [6.07, 6.45) is 5.39. The molecule has 11 nitrogen and oxygen atoms in total. The van der Waals surface area contributed by atoms with Crippen molar-refractivity contribution in [3.8, 4) is 0 Å². The normalized spacial score (nSPS) is 19.4. The van der Waals surface area contributed by atoms with Crippen molar-refractivity contribution in [1.82, 2.24) is 0 Å². The van der Waals surface area contributed by atoms with Gasteiger partial charge >= 0.3 is 5.97 Å². The summed E-state index contributed by atoms with van der Waals surface area (Å²) >= 11 is 0. The minimum Gasteiger partial charge on any atom is -0.463 e. The third kappa shape index (κ3) is 7.70. The standard InChI is InChI=1S/C34H43F2N5O6S/c1-22(2)29(37)32(43)47-17-18-48(44,45)39-24-3-4-26(27(20-24)40-12-8-33(6-7-33)9-13-40)31(42)38-25-19-23-5-16-46-30(23)28(21-25)41-14-10-34(35,36)11-15-41/h3-5,16,19-22,29,39H,6-15,17-18,37H2,1-2H3,(H,38,42)/t29-/m0/s1. The van der Waals surface area contributed by atoms with Gasteiger partial charge in [-0.15, -0.1) is 0 Å². The number of hydrogen-bond donors (Lipinski definition) is 3. The fourth-order valence-corrected chi connectivity index (χ4v) is 7.33. The van der Waals surface area contributed by atoms with Gasteiger partial charge in [-0.3, -0.25) is 14.3 Å². The largest absolute Gasteiger partial charge is 0.463 e. The van der Waals surface area contributed by atoms with E-state index in [0.717, 1.165) is 31.3 Å². The molecule has 0 unspecified atom stereocenters. The van der Waals surface area contributed by atoms with E-state index in [1.54, 1.807) is 44.2 Å². The number of furan rings is 1. The molecule has 1 aromatic heterocycles. The monoisotopic (exact) mass is 687 g/mol. The molecule has 3 aromatic rings. The first-order valence-electron chi connectivity index (χ1n) is 16.5. The van der Waals surface area contributed by atoms with Crippen LogP contribution in [0.3, 0.4) is 0 Å². The van der Waals surface area contributed by atoms with Gasteiger partial charge in [0.1, 0.15) is 18.4 Å². The molecular weight excluding hydrogens is 644 g/mol. The molecule has 48 heavy (non-hydrogen) atoms. The van der Waals surface area contributed by atoms with Gasteiger partial charge in [0.25, 0.3) is 11.8 Å². The molecule has 14 heteroatoms. The van der Waals surface area contributed by atoms with E-state index in [1.165, 1.54) is 25.2 Å². The molecule has 3 aliphatic rings. The Balaban J connectivity index is 1.21. The maximum absolute atomic E-state index is 13.9. The van der Waals surface area contributed by atoms with Crippen molar-refractivity contribution in [3.63, 3.8) is 0 Å². The third-order valence-electron chi connectivity index (χ3n) is 9.85.